The Morgan fingerprint density at radius 1 is 1.26 bits per heavy atom. The van der Waals surface area contributed by atoms with Crippen LogP contribution >= 0.6 is 0 Å². The number of nitrogens with one attached hydrogen (secondary N) is 1. The highest BCUT2D eigenvalue weighted by Gasteiger charge is 2.21. The fourth-order valence-corrected chi connectivity index (χ4v) is 3.98. The Morgan fingerprint density at radius 2 is 2.06 bits per heavy atom. The second-order valence-corrected chi connectivity index (χ2v) is 8.59. The van der Waals surface area contributed by atoms with Crippen molar-refractivity contribution in [3.8, 4) is 5.75 Å². The molecule has 0 atom stereocenters. The van der Waals surface area contributed by atoms with Crippen molar-refractivity contribution in [2.45, 2.75) is 33.2 Å². The topological polar surface area (TPSA) is 94.1 Å². The zero-order chi connectivity index (χ0) is 22.1. The van der Waals surface area contributed by atoms with E-state index < -0.39 is 6.08 Å². The molecule has 1 aliphatic rings. The minimum Gasteiger partial charge on any atom is -0.493 e. The van der Waals surface area contributed by atoms with Crippen LogP contribution in [0, 0.1) is 12.0 Å². The Kier molecular flexibility index (Phi) is 5.95. The summed E-state index contributed by atoms with van der Waals surface area (Å²) in [5, 5.41) is 3.43. The number of aromatic nitrogens is 4. The number of halogens is 1. The Balaban J connectivity index is 1.73. The lowest BCUT2D eigenvalue weighted by molar-refractivity contribution is 0.357. The van der Waals surface area contributed by atoms with Gasteiger partial charge in [-0.25, -0.2) is 4.98 Å². The zero-order valence-corrected chi connectivity index (χ0v) is 18.6. The van der Waals surface area contributed by atoms with Crippen LogP contribution in [0.2, 0.25) is 0 Å². The molecule has 0 fully saturated rings. The van der Waals surface area contributed by atoms with E-state index in [0.717, 1.165) is 42.3 Å². The number of nitrogens with zero attached hydrogens (tertiary/aromatic N) is 5. The third kappa shape index (κ3) is 4.41. The predicted octanol–water partition coefficient (Wildman–Crippen LogP) is 2.38. The second-order valence-electron chi connectivity index (χ2n) is 8.59. The molecule has 1 aliphatic heterocycles. The fraction of sp³-hybridized carbons (Fsp3) is 0.500. The first-order chi connectivity index (χ1) is 14.8. The van der Waals surface area contributed by atoms with Crippen molar-refractivity contribution in [2.75, 3.05) is 44.4 Å². The molecule has 2 aromatic heterocycles. The van der Waals surface area contributed by atoms with Gasteiger partial charge in [-0.05, 0) is 29.7 Å². The number of hydrogen-bond donors (Lipinski definition) is 2. The van der Waals surface area contributed by atoms with Gasteiger partial charge in [0.1, 0.15) is 11.6 Å². The van der Waals surface area contributed by atoms with Crippen molar-refractivity contribution in [1.82, 2.24) is 24.8 Å². The summed E-state index contributed by atoms with van der Waals surface area (Å²) in [4.78, 5) is 14.5. The highest BCUT2D eigenvalue weighted by atomic mass is 19.1. The summed E-state index contributed by atoms with van der Waals surface area (Å²) in [6, 6.07) is 4.27. The van der Waals surface area contributed by atoms with Gasteiger partial charge in [0.25, 0.3) is 0 Å². The molecule has 166 valence electrons. The van der Waals surface area contributed by atoms with Crippen LogP contribution < -0.4 is 20.7 Å². The maximum atomic E-state index is 13.9. The molecule has 3 N–H and O–H groups in total. The van der Waals surface area contributed by atoms with Gasteiger partial charge in [-0.15, -0.1) is 0 Å². The lowest BCUT2D eigenvalue weighted by atomic mass is 10.0. The molecule has 0 radical (unpaired) electrons. The molecule has 31 heavy (non-hydrogen) atoms. The molecule has 3 heterocycles. The van der Waals surface area contributed by atoms with Crippen LogP contribution in [0.1, 0.15) is 30.8 Å². The van der Waals surface area contributed by atoms with Gasteiger partial charge < -0.3 is 25.3 Å². The van der Waals surface area contributed by atoms with E-state index in [1.165, 1.54) is 5.56 Å². The van der Waals surface area contributed by atoms with Crippen LogP contribution in [-0.4, -0.2) is 53.3 Å². The zero-order valence-electron chi connectivity index (χ0n) is 18.6. The van der Waals surface area contributed by atoms with E-state index in [0.29, 0.717) is 36.7 Å². The molecule has 9 heteroatoms. The van der Waals surface area contributed by atoms with E-state index in [2.05, 4.69) is 46.2 Å². The van der Waals surface area contributed by atoms with Gasteiger partial charge in [-0.2, -0.15) is 14.4 Å². The van der Waals surface area contributed by atoms with Crippen LogP contribution in [0.4, 0.5) is 15.9 Å². The molecule has 0 amide bonds. The summed E-state index contributed by atoms with van der Waals surface area (Å²) in [5.41, 5.74) is 10.3. The third-order valence-corrected chi connectivity index (χ3v) is 5.46. The number of benzene rings is 1. The summed E-state index contributed by atoms with van der Waals surface area (Å²) in [6.45, 7) is 7.27. The Morgan fingerprint density at radius 3 is 2.81 bits per heavy atom. The number of rotatable bonds is 8. The average Bonchev–Trinajstić information content (AvgIpc) is 3.29. The van der Waals surface area contributed by atoms with Crippen molar-refractivity contribution in [2.24, 2.45) is 5.92 Å². The Bertz CT molecular complexity index is 1090. The number of hydrogen-bond acceptors (Lipinski definition) is 7. The smallest absolute Gasteiger partial charge is 0.312 e. The number of nitrogens with two attached hydrogens (primary N) is 1. The summed E-state index contributed by atoms with van der Waals surface area (Å²) in [5.74, 6) is 2.34. The van der Waals surface area contributed by atoms with E-state index in [1.807, 2.05) is 18.7 Å². The van der Waals surface area contributed by atoms with Gasteiger partial charge in [-0.3, -0.25) is 0 Å². The molecule has 3 aromatic rings. The van der Waals surface area contributed by atoms with Gasteiger partial charge in [-0.1, -0.05) is 13.8 Å². The number of imidazole rings is 1. The molecule has 4 rings (SSSR count). The van der Waals surface area contributed by atoms with Crippen molar-refractivity contribution >= 4 is 22.7 Å². The van der Waals surface area contributed by atoms with Crippen LogP contribution in [0.25, 0.3) is 11.2 Å². The van der Waals surface area contributed by atoms with Crippen molar-refractivity contribution in [3.63, 3.8) is 0 Å². The maximum Gasteiger partial charge on any atom is 0.312 e. The molecule has 0 bridgehead atoms. The largest absolute Gasteiger partial charge is 0.493 e. The first-order valence-corrected chi connectivity index (χ1v) is 10.7. The molecular weight excluding hydrogens is 397 g/mol. The molecule has 0 saturated carbocycles. The predicted molar refractivity (Wildman–Crippen MR) is 120 cm³/mol. The van der Waals surface area contributed by atoms with Crippen molar-refractivity contribution in [1.29, 1.82) is 0 Å². The van der Waals surface area contributed by atoms with Crippen LogP contribution in [0.15, 0.2) is 12.1 Å². The number of fused-ring (bicyclic) bond motifs is 2. The normalized spacial score (nSPS) is 13.1. The van der Waals surface area contributed by atoms with Crippen molar-refractivity contribution in [3.05, 3.63) is 35.2 Å². The molecule has 0 aliphatic carbocycles. The standard InChI is InChI=1S/C22H30FN7O/c1-13(2)12-25-6-7-30-18(26-19-20(24)27-22(23)28-21(19)30)10-15-9-14-5-8-31-17(14)11-16(15)29(3)4/h9,11,13,25H,5-8,10,12H2,1-4H3,(H2,24,27,28). The van der Waals surface area contributed by atoms with Gasteiger partial charge in [0.05, 0.1) is 6.61 Å². The van der Waals surface area contributed by atoms with Crippen molar-refractivity contribution < 1.29 is 9.13 Å². The number of nitrogen functional groups attached to an aromatic ring is 1. The molecule has 8 nitrogen and oxygen atoms in total. The van der Waals surface area contributed by atoms with Gasteiger partial charge in [0, 0.05) is 51.8 Å². The molecule has 1 aromatic carbocycles. The van der Waals surface area contributed by atoms with Crippen LogP contribution in [0.5, 0.6) is 5.75 Å². The number of ether oxygens (including phenoxy) is 1. The van der Waals surface area contributed by atoms with E-state index in [1.54, 1.807) is 0 Å². The Hall–Kier alpha value is -2.94. The lowest BCUT2D eigenvalue weighted by Crippen LogP contribution is -2.25. The summed E-state index contributed by atoms with van der Waals surface area (Å²) >= 11 is 0. The van der Waals surface area contributed by atoms with E-state index >= 15 is 0 Å². The summed E-state index contributed by atoms with van der Waals surface area (Å²) in [7, 11) is 4.02. The number of anilines is 2. The quantitative estimate of drug-likeness (QED) is 0.421. The second kappa shape index (κ2) is 8.66. The van der Waals surface area contributed by atoms with Gasteiger partial charge in [0.2, 0.25) is 0 Å². The highest BCUT2D eigenvalue weighted by Crippen LogP contribution is 2.34. The monoisotopic (exact) mass is 427 g/mol. The van der Waals surface area contributed by atoms with Gasteiger partial charge in [0.15, 0.2) is 17.0 Å². The molecule has 0 saturated heterocycles. The molecule has 0 unspecified atom stereocenters. The van der Waals surface area contributed by atoms with Crippen LogP contribution in [-0.2, 0) is 19.4 Å². The third-order valence-electron chi connectivity index (χ3n) is 5.46. The fourth-order valence-electron chi connectivity index (χ4n) is 3.98. The Labute approximate surface area is 181 Å². The first-order valence-electron chi connectivity index (χ1n) is 10.7. The highest BCUT2D eigenvalue weighted by molar-refractivity contribution is 5.82. The average molecular weight is 428 g/mol. The minimum absolute atomic E-state index is 0.0628. The van der Waals surface area contributed by atoms with E-state index in [9.17, 15) is 4.39 Å². The summed E-state index contributed by atoms with van der Waals surface area (Å²) < 4.78 is 21.6. The van der Waals surface area contributed by atoms with Gasteiger partial charge >= 0.3 is 6.08 Å². The minimum atomic E-state index is -0.837. The first kappa shape index (κ1) is 21.3. The summed E-state index contributed by atoms with van der Waals surface area (Å²) in [6.07, 6.45) is 0.633. The van der Waals surface area contributed by atoms with Crippen LogP contribution in [0.3, 0.4) is 0 Å². The van der Waals surface area contributed by atoms with E-state index in [-0.39, 0.29) is 5.82 Å². The SMILES string of the molecule is CC(C)CNCCn1c(Cc2cc3c(cc2N(C)C)OCC3)nc2c(N)nc(F)nc21. The molecule has 0 spiro atoms. The molecular formula is C22H30FN7O. The maximum absolute atomic E-state index is 13.9. The lowest BCUT2D eigenvalue weighted by Gasteiger charge is -2.19. The van der Waals surface area contributed by atoms with E-state index in [4.69, 9.17) is 15.5 Å².